The van der Waals surface area contributed by atoms with E-state index < -0.39 is 16.1 Å². The summed E-state index contributed by atoms with van der Waals surface area (Å²) >= 11 is 0. The van der Waals surface area contributed by atoms with Gasteiger partial charge in [-0.1, -0.05) is 43.2 Å². The molecule has 0 heterocycles. The van der Waals surface area contributed by atoms with Crippen molar-refractivity contribution in [1.82, 2.24) is 9.62 Å². The SMILES string of the molecule is CCCCN(C)C(=O)C[C@H](NS(=O)(=O)c1ccc(C)cc1)c1ccc(OC)cc1. The van der Waals surface area contributed by atoms with Gasteiger partial charge in [0.2, 0.25) is 15.9 Å². The third-order valence-corrected chi connectivity index (χ3v) is 6.29. The molecule has 6 nitrogen and oxygen atoms in total. The summed E-state index contributed by atoms with van der Waals surface area (Å²) in [7, 11) is -0.465. The Balaban J connectivity index is 2.28. The van der Waals surface area contributed by atoms with Gasteiger partial charge in [-0.3, -0.25) is 4.79 Å². The summed E-state index contributed by atoms with van der Waals surface area (Å²) in [6, 6.07) is 13.0. The molecule has 0 saturated carbocycles. The van der Waals surface area contributed by atoms with Crippen LogP contribution in [0.15, 0.2) is 53.4 Å². The van der Waals surface area contributed by atoms with Crippen molar-refractivity contribution in [3.05, 3.63) is 59.7 Å². The Morgan fingerprint density at radius 2 is 1.72 bits per heavy atom. The average molecular weight is 419 g/mol. The average Bonchev–Trinajstić information content (AvgIpc) is 2.71. The third kappa shape index (κ3) is 6.58. The molecule has 0 bridgehead atoms. The minimum Gasteiger partial charge on any atom is -0.497 e. The van der Waals surface area contributed by atoms with Gasteiger partial charge in [0.05, 0.1) is 18.0 Å². The molecule has 1 atom stereocenters. The highest BCUT2D eigenvalue weighted by Gasteiger charge is 2.25. The van der Waals surface area contributed by atoms with Crippen LogP contribution in [-0.4, -0.2) is 39.9 Å². The number of methoxy groups -OCH3 is 1. The van der Waals surface area contributed by atoms with E-state index in [1.54, 1.807) is 67.6 Å². The summed E-state index contributed by atoms with van der Waals surface area (Å²) in [5, 5.41) is 0. The van der Waals surface area contributed by atoms with E-state index in [0.717, 1.165) is 18.4 Å². The predicted molar refractivity (Wildman–Crippen MR) is 114 cm³/mol. The van der Waals surface area contributed by atoms with E-state index in [1.807, 2.05) is 6.92 Å². The maximum absolute atomic E-state index is 12.9. The summed E-state index contributed by atoms with van der Waals surface area (Å²) in [5.41, 5.74) is 1.68. The zero-order valence-corrected chi connectivity index (χ0v) is 18.3. The zero-order chi connectivity index (χ0) is 21.4. The lowest BCUT2D eigenvalue weighted by atomic mass is 10.0. The van der Waals surface area contributed by atoms with Crippen LogP contribution < -0.4 is 9.46 Å². The van der Waals surface area contributed by atoms with E-state index >= 15 is 0 Å². The first kappa shape index (κ1) is 22.9. The maximum Gasteiger partial charge on any atom is 0.241 e. The Kier molecular flexibility index (Phi) is 8.22. The number of rotatable bonds is 10. The van der Waals surface area contributed by atoms with Crippen molar-refractivity contribution in [3.8, 4) is 5.75 Å². The number of nitrogens with zero attached hydrogens (tertiary/aromatic N) is 1. The molecule has 0 aromatic heterocycles. The lowest BCUT2D eigenvalue weighted by Crippen LogP contribution is -2.35. The fourth-order valence-electron chi connectivity index (χ4n) is 2.89. The van der Waals surface area contributed by atoms with Crippen LogP contribution in [0.5, 0.6) is 5.75 Å². The first-order valence-electron chi connectivity index (χ1n) is 9.73. The monoisotopic (exact) mass is 418 g/mol. The van der Waals surface area contributed by atoms with Gasteiger partial charge >= 0.3 is 0 Å². The quantitative estimate of drug-likeness (QED) is 0.639. The summed E-state index contributed by atoms with van der Waals surface area (Å²) in [5.74, 6) is 0.561. The first-order chi connectivity index (χ1) is 13.8. The molecule has 0 radical (unpaired) electrons. The summed E-state index contributed by atoms with van der Waals surface area (Å²) in [6.07, 6.45) is 1.93. The topological polar surface area (TPSA) is 75.7 Å². The van der Waals surface area contributed by atoms with E-state index in [4.69, 9.17) is 4.74 Å². The van der Waals surface area contributed by atoms with Crippen LogP contribution in [0.4, 0.5) is 0 Å². The number of benzene rings is 2. The molecule has 0 saturated heterocycles. The normalized spacial score (nSPS) is 12.4. The van der Waals surface area contributed by atoms with Crippen molar-refractivity contribution in [1.29, 1.82) is 0 Å². The molecule has 1 amide bonds. The van der Waals surface area contributed by atoms with E-state index in [9.17, 15) is 13.2 Å². The standard InChI is InChI=1S/C22H30N2O4S/c1-5-6-15-24(3)22(25)16-21(18-9-11-19(28-4)12-10-18)23-29(26,27)20-13-7-17(2)8-14-20/h7-14,21,23H,5-6,15-16H2,1-4H3/t21-/m0/s1. The van der Waals surface area contributed by atoms with Crippen molar-refractivity contribution in [2.75, 3.05) is 20.7 Å². The molecule has 2 rings (SSSR count). The molecule has 0 aliphatic carbocycles. The molecule has 0 spiro atoms. The minimum atomic E-state index is -3.78. The first-order valence-corrected chi connectivity index (χ1v) is 11.2. The van der Waals surface area contributed by atoms with Gasteiger partial charge < -0.3 is 9.64 Å². The Morgan fingerprint density at radius 3 is 2.28 bits per heavy atom. The second-order valence-corrected chi connectivity index (χ2v) is 8.85. The van der Waals surface area contributed by atoms with Gasteiger partial charge in [-0.25, -0.2) is 13.1 Å². The molecular weight excluding hydrogens is 388 g/mol. The number of aryl methyl sites for hydroxylation is 1. The highest BCUT2D eigenvalue weighted by atomic mass is 32.2. The van der Waals surface area contributed by atoms with E-state index in [1.165, 1.54) is 0 Å². The number of ether oxygens (including phenoxy) is 1. The van der Waals surface area contributed by atoms with Gasteiger partial charge in [-0.15, -0.1) is 0 Å². The van der Waals surface area contributed by atoms with Crippen LogP contribution in [0.3, 0.4) is 0 Å². The summed E-state index contributed by atoms with van der Waals surface area (Å²) in [6.45, 7) is 4.61. The highest BCUT2D eigenvalue weighted by Crippen LogP contribution is 2.24. The molecule has 2 aromatic rings. The number of hydrogen-bond donors (Lipinski definition) is 1. The summed E-state index contributed by atoms with van der Waals surface area (Å²) < 4.78 is 33.7. The number of amides is 1. The largest absolute Gasteiger partial charge is 0.497 e. The van der Waals surface area contributed by atoms with Crippen molar-refractivity contribution in [2.24, 2.45) is 0 Å². The lowest BCUT2D eigenvalue weighted by Gasteiger charge is -2.23. The number of unbranched alkanes of at least 4 members (excludes halogenated alkanes) is 1. The van der Waals surface area contributed by atoms with Crippen molar-refractivity contribution in [2.45, 2.75) is 44.0 Å². The second kappa shape index (κ2) is 10.4. The van der Waals surface area contributed by atoms with Gasteiger partial charge in [0, 0.05) is 20.0 Å². The number of nitrogens with one attached hydrogen (secondary N) is 1. The number of hydrogen-bond acceptors (Lipinski definition) is 4. The van der Waals surface area contributed by atoms with Crippen molar-refractivity contribution in [3.63, 3.8) is 0 Å². The van der Waals surface area contributed by atoms with Crippen LogP contribution in [0.25, 0.3) is 0 Å². The van der Waals surface area contributed by atoms with Crippen molar-refractivity contribution >= 4 is 15.9 Å². The molecular formula is C22H30N2O4S. The summed E-state index contributed by atoms with van der Waals surface area (Å²) in [4.78, 5) is 14.5. The molecule has 2 aromatic carbocycles. The molecule has 1 N–H and O–H groups in total. The Labute approximate surface area is 173 Å². The fourth-order valence-corrected chi connectivity index (χ4v) is 4.11. The molecule has 0 aliphatic rings. The van der Waals surface area contributed by atoms with E-state index in [0.29, 0.717) is 17.9 Å². The molecule has 0 aliphatic heterocycles. The number of carbonyl (C=O) groups is 1. The maximum atomic E-state index is 12.9. The molecule has 158 valence electrons. The van der Waals surface area contributed by atoms with Crippen molar-refractivity contribution < 1.29 is 17.9 Å². The van der Waals surface area contributed by atoms with Gasteiger partial charge in [-0.2, -0.15) is 0 Å². The molecule has 0 fully saturated rings. The zero-order valence-electron chi connectivity index (χ0n) is 17.5. The van der Waals surface area contributed by atoms with Gasteiger partial charge in [0.1, 0.15) is 5.75 Å². The van der Waals surface area contributed by atoms with Crippen LogP contribution >= 0.6 is 0 Å². The number of carbonyl (C=O) groups excluding carboxylic acids is 1. The number of sulfonamides is 1. The van der Waals surface area contributed by atoms with Gasteiger partial charge in [-0.05, 0) is 43.2 Å². The molecule has 29 heavy (non-hydrogen) atoms. The molecule has 7 heteroatoms. The van der Waals surface area contributed by atoms with Gasteiger partial charge in [0.15, 0.2) is 0 Å². The molecule has 0 unspecified atom stereocenters. The highest BCUT2D eigenvalue weighted by molar-refractivity contribution is 7.89. The van der Waals surface area contributed by atoms with Crippen LogP contribution in [-0.2, 0) is 14.8 Å². The Morgan fingerprint density at radius 1 is 1.10 bits per heavy atom. The van der Waals surface area contributed by atoms with Crippen LogP contribution in [0.2, 0.25) is 0 Å². The van der Waals surface area contributed by atoms with Crippen LogP contribution in [0.1, 0.15) is 43.4 Å². The van der Waals surface area contributed by atoms with Gasteiger partial charge in [0.25, 0.3) is 0 Å². The van der Waals surface area contributed by atoms with Crippen LogP contribution in [0, 0.1) is 6.92 Å². The van der Waals surface area contributed by atoms with E-state index in [-0.39, 0.29) is 17.2 Å². The lowest BCUT2D eigenvalue weighted by molar-refractivity contribution is -0.130. The third-order valence-electron chi connectivity index (χ3n) is 4.80. The predicted octanol–water partition coefficient (Wildman–Crippen LogP) is 3.67. The Bertz CT molecular complexity index is 893. The Hall–Kier alpha value is -2.38. The second-order valence-electron chi connectivity index (χ2n) is 7.13. The fraction of sp³-hybridized carbons (Fsp3) is 0.409. The minimum absolute atomic E-state index is 0.0393. The van der Waals surface area contributed by atoms with E-state index in [2.05, 4.69) is 11.6 Å². The smallest absolute Gasteiger partial charge is 0.241 e.